The monoisotopic (exact) mass is 351 g/mol. The summed E-state index contributed by atoms with van der Waals surface area (Å²) in [7, 11) is -3.95. The van der Waals surface area contributed by atoms with Crippen molar-refractivity contribution < 1.29 is 17.2 Å². The molecule has 112 valence electrons. The second-order valence-corrected chi connectivity index (χ2v) is 6.72. The molecule has 0 amide bonds. The van der Waals surface area contributed by atoms with Crippen molar-refractivity contribution in [1.82, 2.24) is 0 Å². The number of anilines is 1. The van der Waals surface area contributed by atoms with E-state index in [9.17, 15) is 17.2 Å². The van der Waals surface area contributed by atoms with E-state index in [1.807, 2.05) is 4.72 Å². The van der Waals surface area contributed by atoms with Gasteiger partial charge in [-0.15, -0.1) is 0 Å². The molecule has 0 saturated heterocycles. The van der Waals surface area contributed by atoms with Crippen LogP contribution in [0.1, 0.15) is 5.56 Å². The number of nitrogens with one attached hydrogen (secondary N) is 1. The highest BCUT2D eigenvalue weighted by Gasteiger charge is 2.18. The highest BCUT2D eigenvalue weighted by atomic mass is 35.5. The van der Waals surface area contributed by atoms with Gasteiger partial charge in [-0.2, -0.15) is 0 Å². The first-order chi connectivity index (χ1) is 9.78. The maximum Gasteiger partial charge on any atom is 0.237 e. The quantitative estimate of drug-likeness (QED) is 0.896. The summed E-state index contributed by atoms with van der Waals surface area (Å²) in [5.41, 5.74) is -0.143. The average molecular weight is 352 g/mol. The molecular formula is C13H9Cl2F2NO2S. The molecule has 1 N–H and O–H groups in total. The standard InChI is InChI=1S/C13H9Cl2F2NO2S/c14-10-2-1-3-11(15)9(10)7-21(19,20)18-13-5-4-8(16)6-12(13)17/h1-6,18H,7H2. The van der Waals surface area contributed by atoms with Gasteiger partial charge in [-0.05, 0) is 24.3 Å². The molecule has 2 rings (SSSR count). The highest BCUT2D eigenvalue weighted by molar-refractivity contribution is 7.91. The molecule has 0 fully saturated rings. The number of benzene rings is 2. The van der Waals surface area contributed by atoms with Crippen LogP contribution in [0.15, 0.2) is 36.4 Å². The molecule has 0 atom stereocenters. The molecule has 0 radical (unpaired) electrons. The SMILES string of the molecule is O=S(=O)(Cc1c(Cl)cccc1Cl)Nc1ccc(F)cc1F. The average Bonchev–Trinajstić information content (AvgIpc) is 2.37. The Hall–Kier alpha value is -1.37. The predicted molar refractivity (Wildman–Crippen MR) is 79.1 cm³/mol. The molecule has 0 aliphatic heterocycles. The van der Waals surface area contributed by atoms with Crippen LogP contribution in [-0.4, -0.2) is 8.42 Å². The van der Waals surface area contributed by atoms with E-state index in [4.69, 9.17) is 23.2 Å². The molecule has 21 heavy (non-hydrogen) atoms. The van der Waals surface area contributed by atoms with E-state index in [1.165, 1.54) is 12.1 Å². The summed E-state index contributed by atoms with van der Waals surface area (Å²) in [6, 6.07) is 7.10. The number of hydrogen-bond acceptors (Lipinski definition) is 2. The van der Waals surface area contributed by atoms with E-state index in [-0.39, 0.29) is 21.3 Å². The topological polar surface area (TPSA) is 46.2 Å². The minimum absolute atomic E-state index is 0.187. The zero-order valence-electron chi connectivity index (χ0n) is 10.4. The van der Waals surface area contributed by atoms with E-state index >= 15 is 0 Å². The molecule has 2 aromatic rings. The summed E-state index contributed by atoms with van der Waals surface area (Å²) in [5.74, 6) is -2.34. The van der Waals surface area contributed by atoms with Gasteiger partial charge < -0.3 is 0 Å². The van der Waals surface area contributed by atoms with Crippen LogP contribution in [0.4, 0.5) is 14.5 Å². The Labute approximate surface area is 130 Å². The minimum atomic E-state index is -3.95. The minimum Gasteiger partial charge on any atom is -0.280 e. The summed E-state index contributed by atoms with van der Waals surface area (Å²) >= 11 is 11.8. The third-order valence-electron chi connectivity index (χ3n) is 2.59. The second-order valence-electron chi connectivity index (χ2n) is 4.19. The second kappa shape index (κ2) is 6.17. The lowest BCUT2D eigenvalue weighted by molar-refractivity contribution is 0.582. The van der Waals surface area contributed by atoms with Gasteiger partial charge in [-0.25, -0.2) is 17.2 Å². The smallest absolute Gasteiger partial charge is 0.237 e. The summed E-state index contributed by atoms with van der Waals surface area (Å²) < 4.78 is 52.3. The number of hydrogen-bond donors (Lipinski definition) is 1. The lowest BCUT2D eigenvalue weighted by atomic mass is 10.2. The molecule has 2 aromatic carbocycles. The van der Waals surface area contributed by atoms with Gasteiger partial charge in [0.2, 0.25) is 10.0 Å². The summed E-state index contributed by atoms with van der Waals surface area (Å²) in [5, 5.41) is 0.375. The van der Waals surface area contributed by atoms with Gasteiger partial charge >= 0.3 is 0 Å². The van der Waals surface area contributed by atoms with Crippen LogP contribution in [0.3, 0.4) is 0 Å². The largest absolute Gasteiger partial charge is 0.280 e. The summed E-state index contributed by atoms with van der Waals surface area (Å²) in [4.78, 5) is 0. The van der Waals surface area contributed by atoms with Crippen molar-refractivity contribution in [2.24, 2.45) is 0 Å². The summed E-state index contributed by atoms with van der Waals surface area (Å²) in [6.45, 7) is 0. The Morgan fingerprint density at radius 1 is 1.05 bits per heavy atom. The zero-order valence-corrected chi connectivity index (χ0v) is 12.7. The van der Waals surface area contributed by atoms with E-state index in [0.29, 0.717) is 6.07 Å². The third-order valence-corrected chi connectivity index (χ3v) is 4.50. The van der Waals surface area contributed by atoms with Crippen molar-refractivity contribution in [1.29, 1.82) is 0 Å². The van der Waals surface area contributed by atoms with Gasteiger partial charge in [0.05, 0.1) is 11.4 Å². The van der Waals surface area contributed by atoms with Crippen LogP contribution >= 0.6 is 23.2 Å². The third kappa shape index (κ3) is 4.06. The Morgan fingerprint density at radius 3 is 2.24 bits per heavy atom. The Bertz CT molecular complexity index is 761. The first kappa shape index (κ1) is 16.0. The lowest BCUT2D eigenvalue weighted by Gasteiger charge is -2.11. The number of rotatable bonds is 4. The van der Waals surface area contributed by atoms with E-state index in [2.05, 4.69) is 0 Å². The molecule has 0 aliphatic rings. The molecule has 8 heteroatoms. The van der Waals surface area contributed by atoms with Crippen molar-refractivity contribution in [2.75, 3.05) is 4.72 Å². The van der Waals surface area contributed by atoms with Crippen LogP contribution in [0, 0.1) is 11.6 Å². The molecule has 0 aliphatic carbocycles. The zero-order chi connectivity index (χ0) is 15.6. The number of sulfonamides is 1. The van der Waals surface area contributed by atoms with Gasteiger partial charge in [-0.1, -0.05) is 29.3 Å². The first-order valence-corrected chi connectivity index (χ1v) is 8.08. The molecular weight excluding hydrogens is 343 g/mol. The van der Waals surface area contributed by atoms with Crippen molar-refractivity contribution in [3.05, 3.63) is 63.6 Å². The fraction of sp³-hybridized carbons (Fsp3) is 0.0769. The molecule has 0 bridgehead atoms. The maximum atomic E-state index is 13.5. The molecule has 0 aromatic heterocycles. The van der Waals surface area contributed by atoms with Crippen LogP contribution in [-0.2, 0) is 15.8 Å². The molecule has 0 saturated carbocycles. The summed E-state index contributed by atoms with van der Waals surface area (Å²) in [6.07, 6.45) is 0. The van der Waals surface area contributed by atoms with E-state index in [1.54, 1.807) is 6.07 Å². The van der Waals surface area contributed by atoms with E-state index < -0.39 is 27.4 Å². The van der Waals surface area contributed by atoms with Crippen molar-refractivity contribution in [2.45, 2.75) is 5.75 Å². The van der Waals surface area contributed by atoms with Crippen LogP contribution in [0.25, 0.3) is 0 Å². The van der Waals surface area contributed by atoms with Crippen molar-refractivity contribution >= 4 is 38.9 Å². The van der Waals surface area contributed by atoms with Crippen molar-refractivity contribution in [3.8, 4) is 0 Å². The van der Waals surface area contributed by atoms with E-state index in [0.717, 1.165) is 12.1 Å². The molecule has 3 nitrogen and oxygen atoms in total. The first-order valence-electron chi connectivity index (χ1n) is 5.67. The van der Waals surface area contributed by atoms with Gasteiger partial charge in [-0.3, -0.25) is 4.72 Å². The maximum absolute atomic E-state index is 13.5. The highest BCUT2D eigenvalue weighted by Crippen LogP contribution is 2.27. The fourth-order valence-electron chi connectivity index (χ4n) is 1.64. The van der Waals surface area contributed by atoms with Gasteiger partial charge in [0, 0.05) is 21.7 Å². The van der Waals surface area contributed by atoms with Gasteiger partial charge in [0.25, 0.3) is 0 Å². The molecule has 0 unspecified atom stereocenters. The Balaban J connectivity index is 2.27. The van der Waals surface area contributed by atoms with Crippen LogP contribution in [0.5, 0.6) is 0 Å². The molecule has 0 spiro atoms. The fourth-order valence-corrected chi connectivity index (χ4v) is 3.59. The Kier molecular flexibility index (Phi) is 4.70. The lowest BCUT2D eigenvalue weighted by Crippen LogP contribution is -2.16. The molecule has 0 heterocycles. The Morgan fingerprint density at radius 2 is 1.67 bits per heavy atom. The number of halogens is 4. The van der Waals surface area contributed by atoms with Crippen LogP contribution < -0.4 is 4.72 Å². The van der Waals surface area contributed by atoms with Gasteiger partial charge in [0.15, 0.2) is 0 Å². The van der Waals surface area contributed by atoms with Crippen LogP contribution in [0.2, 0.25) is 10.0 Å². The normalized spacial score (nSPS) is 11.4. The van der Waals surface area contributed by atoms with Gasteiger partial charge in [0.1, 0.15) is 11.6 Å². The van der Waals surface area contributed by atoms with Crippen molar-refractivity contribution in [3.63, 3.8) is 0 Å². The predicted octanol–water partition coefficient (Wildman–Crippen LogP) is 4.21.